The lowest BCUT2D eigenvalue weighted by atomic mass is 9.96. The summed E-state index contributed by atoms with van der Waals surface area (Å²) in [6.45, 7) is 1.06. The van der Waals surface area contributed by atoms with E-state index in [-0.39, 0.29) is 0 Å². The average molecular weight is 467 g/mol. The lowest BCUT2D eigenvalue weighted by Crippen LogP contribution is -2.66. The largest absolute Gasteiger partial charge is 0.394 e. The zero-order valence-corrected chi connectivity index (χ0v) is 18.6. The van der Waals surface area contributed by atoms with Gasteiger partial charge in [0.1, 0.15) is 30.5 Å². The fourth-order valence-electron chi connectivity index (χ4n) is 3.21. The van der Waals surface area contributed by atoms with Gasteiger partial charge in [0, 0.05) is 20.6 Å². The van der Waals surface area contributed by atoms with E-state index in [1.807, 2.05) is 0 Å². The van der Waals surface area contributed by atoms with Crippen LogP contribution in [0.4, 0.5) is 0 Å². The number of amides is 1. The Bertz CT molecular complexity index is 552. The van der Waals surface area contributed by atoms with Crippen molar-refractivity contribution in [2.75, 3.05) is 33.5 Å². The van der Waals surface area contributed by atoms with Gasteiger partial charge in [0.25, 0.3) is 0 Å². The van der Waals surface area contributed by atoms with Gasteiger partial charge in [0.2, 0.25) is 5.91 Å². The van der Waals surface area contributed by atoms with Crippen LogP contribution < -0.4 is 11.1 Å². The van der Waals surface area contributed by atoms with E-state index in [0.717, 1.165) is 18.9 Å². The van der Waals surface area contributed by atoms with Gasteiger partial charge in [-0.1, -0.05) is 12.2 Å². The smallest absolute Gasteiger partial charge is 0.217 e. The molecule has 12 nitrogen and oxygen atoms in total. The van der Waals surface area contributed by atoms with Crippen LogP contribution in [0, 0.1) is 0 Å². The van der Waals surface area contributed by atoms with Crippen LogP contribution in [0.1, 0.15) is 26.2 Å². The summed E-state index contributed by atoms with van der Waals surface area (Å²) in [7, 11) is 1.26. The molecular weight excluding hydrogens is 428 g/mol. The molecule has 1 rings (SSSR count). The molecule has 1 aliphatic heterocycles. The molecule has 1 amide bonds. The van der Waals surface area contributed by atoms with Crippen molar-refractivity contribution in [1.29, 1.82) is 0 Å². The molecule has 0 aliphatic carbocycles. The Balaban J connectivity index is 3.01. The monoisotopic (exact) mass is 466 g/mol. The van der Waals surface area contributed by atoms with Crippen LogP contribution in [-0.4, -0.2) is 114 Å². The first-order valence-electron chi connectivity index (χ1n) is 10.7. The molecule has 0 spiro atoms. The van der Waals surface area contributed by atoms with Crippen LogP contribution in [0.3, 0.4) is 0 Å². The molecule has 0 aromatic rings. The van der Waals surface area contributed by atoms with E-state index in [0.29, 0.717) is 19.6 Å². The summed E-state index contributed by atoms with van der Waals surface area (Å²) >= 11 is 0. The second kappa shape index (κ2) is 15.6. The van der Waals surface area contributed by atoms with Gasteiger partial charge in [0.05, 0.1) is 19.3 Å². The normalized spacial score (nSPS) is 29.1. The predicted molar refractivity (Wildman–Crippen MR) is 112 cm³/mol. The van der Waals surface area contributed by atoms with Crippen molar-refractivity contribution in [2.24, 2.45) is 5.73 Å². The maximum Gasteiger partial charge on any atom is 0.217 e. The van der Waals surface area contributed by atoms with Crippen molar-refractivity contribution < 1.29 is 49.3 Å². The van der Waals surface area contributed by atoms with Gasteiger partial charge in [-0.05, 0) is 25.8 Å². The molecule has 0 aromatic carbocycles. The van der Waals surface area contributed by atoms with Crippen LogP contribution >= 0.6 is 0 Å². The zero-order chi connectivity index (χ0) is 24.1. The fourth-order valence-corrected chi connectivity index (χ4v) is 3.21. The molecule has 1 heterocycles. The van der Waals surface area contributed by atoms with Crippen LogP contribution in [0.25, 0.3) is 0 Å². The van der Waals surface area contributed by atoms with Crippen molar-refractivity contribution in [1.82, 2.24) is 5.32 Å². The lowest BCUT2D eigenvalue weighted by Gasteiger charge is -2.45. The molecular formula is C20H38N2O10. The molecule has 1 aliphatic rings. The Morgan fingerprint density at radius 1 is 1.22 bits per heavy atom. The van der Waals surface area contributed by atoms with Crippen molar-refractivity contribution in [3.05, 3.63) is 12.2 Å². The Labute approximate surface area is 187 Å². The van der Waals surface area contributed by atoms with Gasteiger partial charge < -0.3 is 55.5 Å². The quantitative estimate of drug-likeness (QED) is 0.0756. The van der Waals surface area contributed by atoms with E-state index in [2.05, 4.69) is 5.32 Å². The Hall–Kier alpha value is -1.19. The minimum atomic E-state index is -1.38. The number of hydrogen-bond donors (Lipinski definition) is 7. The van der Waals surface area contributed by atoms with E-state index in [9.17, 15) is 25.2 Å². The molecule has 1 saturated heterocycles. The summed E-state index contributed by atoms with van der Waals surface area (Å²) < 4.78 is 22.4. The number of nitrogens with one attached hydrogen (secondary N) is 1. The number of methoxy groups -OCH3 is 1. The third-order valence-corrected chi connectivity index (χ3v) is 4.87. The molecule has 12 heteroatoms. The third kappa shape index (κ3) is 9.35. The maximum atomic E-state index is 11.8. The van der Waals surface area contributed by atoms with Crippen molar-refractivity contribution in [3.8, 4) is 0 Å². The first-order chi connectivity index (χ1) is 15.3. The van der Waals surface area contributed by atoms with Crippen LogP contribution in [0.15, 0.2) is 12.2 Å². The highest BCUT2D eigenvalue weighted by molar-refractivity contribution is 5.73. The van der Waals surface area contributed by atoms with Gasteiger partial charge in [-0.25, -0.2) is 0 Å². The number of rotatable bonds is 15. The number of aliphatic hydroxyl groups excluding tert-OH is 5. The van der Waals surface area contributed by atoms with E-state index in [4.69, 9.17) is 29.8 Å². The average Bonchev–Trinajstić information content (AvgIpc) is 2.77. The molecule has 0 radical (unpaired) electrons. The van der Waals surface area contributed by atoms with Crippen molar-refractivity contribution in [2.45, 2.75) is 75.3 Å². The molecule has 0 aromatic heterocycles. The summed E-state index contributed by atoms with van der Waals surface area (Å²) in [4.78, 5) is 11.8. The number of carbonyl (C=O) groups is 1. The number of ether oxygens (including phenoxy) is 4. The first kappa shape index (κ1) is 28.8. The summed E-state index contributed by atoms with van der Waals surface area (Å²) in [6.07, 6.45) is -3.84. The predicted octanol–water partition coefficient (Wildman–Crippen LogP) is -2.66. The fraction of sp³-hybridized carbons (Fsp3) is 0.850. The minimum Gasteiger partial charge on any atom is -0.394 e. The molecule has 32 heavy (non-hydrogen) atoms. The number of unbranched alkanes of at least 4 members (excludes halogenated alkanes) is 2. The highest BCUT2D eigenvalue weighted by Crippen LogP contribution is 2.26. The number of carbonyl (C=O) groups excluding carboxylic acids is 1. The van der Waals surface area contributed by atoms with Gasteiger partial charge in [-0.3, -0.25) is 4.79 Å². The number of hydrogen-bond acceptors (Lipinski definition) is 11. The van der Waals surface area contributed by atoms with E-state index in [1.165, 1.54) is 20.1 Å². The van der Waals surface area contributed by atoms with Gasteiger partial charge in [-0.15, -0.1) is 0 Å². The van der Waals surface area contributed by atoms with Gasteiger partial charge >= 0.3 is 0 Å². The first-order valence-corrected chi connectivity index (χ1v) is 10.7. The third-order valence-electron chi connectivity index (χ3n) is 4.87. The van der Waals surface area contributed by atoms with Crippen molar-refractivity contribution >= 4 is 5.91 Å². The minimum absolute atomic E-state index is 0.292. The molecule has 1 fully saturated rings. The van der Waals surface area contributed by atoms with E-state index >= 15 is 0 Å². The second-order valence-electron chi connectivity index (χ2n) is 7.49. The Morgan fingerprint density at radius 2 is 1.94 bits per heavy atom. The van der Waals surface area contributed by atoms with Gasteiger partial charge in [-0.2, -0.15) is 0 Å². The second-order valence-corrected chi connectivity index (χ2v) is 7.49. The lowest BCUT2D eigenvalue weighted by molar-refractivity contribution is -0.304. The number of aliphatic hydroxyl groups is 5. The molecule has 0 saturated carbocycles. The number of nitrogens with two attached hydrogens (primary N) is 1. The molecule has 0 bridgehead atoms. The van der Waals surface area contributed by atoms with E-state index < -0.39 is 68.3 Å². The van der Waals surface area contributed by atoms with Crippen LogP contribution in [0.2, 0.25) is 0 Å². The molecule has 6 unspecified atom stereocenters. The molecule has 8 N–H and O–H groups in total. The summed E-state index contributed by atoms with van der Waals surface area (Å²) in [5.74, 6) is -0.431. The van der Waals surface area contributed by atoms with Crippen LogP contribution in [-0.2, 0) is 23.7 Å². The van der Waals surface area contributed by atoms with E-state index in [1.54, 1.807) is 0 Å². The SMILES string of the molecule is COC(OC1C(O)C(CO)OC(OCCCCCN)C1NC(C)=O)[C@@H](O)/C=C/[C@H](O)CO. The zero-order valence-electron chi connectivity index (χ0n) is 18.6. The molecule has 188 valence electrons. The summed E-state index contributed by atoms with van der Waals surface area (Å²) in [5, 5.41) is 51.6. The standard InChI is InChI=1S/C20H38N2O10/c1-12(25)22-16-18(32-19(29-2)14(27)7-6-13(26)10-23)17(28)15(11-24)31-20(16)30-9-5-3-4-8-21/h6-7,13-20,23-24,26-28H,3-5,8-11,21H2,1-2H3,(H,22,25)/b7-6+/t13-,14-,15?,16?,17?,18?,19?,20?/m0/s1. The highest BCUT2D eigenvalue weighted by Gasteiger charge is 2.48. The molecule has 8 atom stereocenters. The Morgan fingerprint density at radius 3 is 2.50 bits per heavy atom. The van der Waals surface area contributed by atoms with Gasteiger partial charge in [0.15, 0.2) is 12.6 Å². The van der Waals surface area contributed by atoms with Crippen molar-refractivity contribution in [3.63, 3.8) is 0 Å². The topological polar surface area (TPSA) is 193 Å². The van der Waals surface area contributed by atoms with Crippen LogP contribution in [0.5, 0.6) is 0 Å². The summed E-state index contributed by atoms with van der Waals surface area (Å²) in [6, 6.07) is -0.975. The Kier molecular flexibility index (Phi) is 14.1. The highest BCUT2D eigenvalue weighted by atomic mass is 16.7. The maximum absolute atomic E-state index is 11.8. The summed E-state index contributed by atoms with van der Waals surface area (Å²) in [5.41, 5.74) is 5.48.